The molecule has 4 heteroatoms. The summed E-state index contributed by atoms with van der Waals surface area (Å²) in [6.07, 6.45) is 4.25. The standard InChI is InChI=1S/C20H21NO3/c1-14(16-7-8-19-17(13-16)10-11-24-19)21-20(22)9-6-15-4-3-5-18(12-15)23-2/h3-9,12-14H,10-11H2,1-2H3,(H,21,22). The molecule has 0 saturated heterocycles. The Balaban J connectivity index is 1.62. The maximum absolute atomic E-state index is 12.1. The van der Waals surface area contributed by atoms with Crippen LogP contribution in [0.3, 0.4) is 0 Å². The van der Waals surface area contributed by atoms with Crippen molar-refractivity contribution in [2.45, 2.75) is 19.4 Å². The van der Waals surface area contributed by atoms with E-state index in [0.717, 1.165) is 35.7 Å². The molecule has 1 unspecified atom stereocenters. The second-order valence-corrected chi connectivity index (χ2v) is 5.81. The molecule has 0 radical (unpaired) electrons. The van der Waals surface area contributed by atoms with Crippen molar-refractivity contribution in [2.75, 3.05) is 13.7 Å². The zero-order chi connectivity index (χ0) is 16.9. The lowest BCUT2D eigenvalue weighted by atomic mass is 10.0. The smallest absolute Gasteiger partial charge is 0.244 e. The fraction of sp³-hybridized carbons (Fsp3) is 0.250. The van der Waals surface area contributed by atoms with E-state index in [1.54, 1.807) is 19.3 Å². The molecule has 1 amide bonds. The highest BCUT2D eigenvalue weighted by Crippen LogP contribution is 2.28. The molecule has 0 saturated carbocycles. The summed E-state index contributed by atoms with van der Waals surface area (Å²) in [5.41, 5.74) is 3.22. The van der Waals surface area contributed by atoms with Crippen LogP contribution in [-0.4, -0.2) is 19.6 Å². The molecule has 24 heavy (non-hydrogen) atoms. The summed E-state index contributed by atoms with van der Waals surface area (Å²) < 4.78 is 10.7. The Labute approximate surface area is 142 Å². The molecule has 0 aromatic heterocycles. The summed E-state index contributed by atoms with van der Waals surface area (Å²) in [4.78, 5) is 12.1. The average Bonchev–Trinajstić information content (AvgIpc) is 3.07. The Morgan fingerprint density at radius 3 is 3.00 bits per heavy atom. The van der Waals surface area contributed by atoms with E-state index in [2.05, 4.69) is 11.4 Å². The Kier molecular flexibility index (Phi) is 4.85. The topological polar surface area (TPSA) is 47.6 Å². The van der Waals surface area contributed by atoms with Gasteiger partial charge in [-0.3, -0.25) is 4.79 Å². The van der Waals surface area contributed by atoms with E-state index in [0.29, 0.717) is 0 Å². The molecule has 2 aromatic rings. The second kappa shape index (κ2) is 7.21. The van der Waals surface area contributed by atoms with Crippen LogP contribution >= 0.6 is 0 Å². The third kappa shape index (κ3) is 3.77. The van der Waals surface area contributed by atoms with Crippen molar-refractivity contribution < 1.29 is 14.3 Å². The van der Waals surface area contributed by atoms with Crippen molar-refractivity contribution in [1.29, 1.82) is 0 Å². The highest BCUT2D eigenvalue weighted by atomic mass is 16.5. The minimum atomic E-state index is -0.123. The van der Waals surface area contributed by atoms with Crippen molar-refractivity contribution in [3.8, 4) is 11.5 Å². The lowest BCUT2D eigenvalue weighted by molar-refractivity contribution is -0.117. The molecule has 1 aliphatic heterocycles. The highest BCUT2D eigenvalue weighted by molar-refractivity contribution is 5.92. The van der Waals surface area contributed by atoms with E-state index < -0.39 is 0 Å². The quantitative estimate of drug-likeness (QED) is 0.857. The number of ether oxygens (including phenoxy) is 2. The van der Waals surface area contributed by atoms with Crippen LogP contribution in [0.25, 0.3) is 6.08 Å². The Morgan fingerprint density at radius 1 is 1.29 bits per heavy atom. The van der Waals surface area contributed by atoms with Crippen LogP contribution in [-0.2, 0) is 11.2 Å². The van der Waals surface area contributed by atoms with Gasteiger partial charge in [-0.2, -0.15) is 0 Å². The molecule has 3 rings (SSSR count). The molecular formula is C20H21NO3. The number of amides is 1. The number of benzene rings is 2. The summed E-state index contributed by atoms with van der Waals surface area (Å²) >= 11 is 0. The predicted molar refractivity (Wildman–Crippen MR) is 94.2 cm³/mol. The molecule has 0 fully saturated rings. The van der Waals surface area contributed by atoms with Crippen LogP contribution in [0.15, 0.2) is 48.5 Å². The number of fused-ring (bicyclic) bond motifs is 1. The lowest BCUT2D eigenvalue weighted by Gasteiger charge is -2.14. The summed E-state index contributed by atoms with van der Waals surface area (Å²) in [5.74, 6) is 1.60. The maximum atomic E-state index is 12.1. The van der Waals surface area contributed by atoms with Gasteiger partial charge in [0, 0.05) is 12.5 Å². The largest absolute Gasteiger partial charge is 0.497 e. The van der Waals surface area contributed by atoms with Crippen LogP contribution in [0, 0.1) is 0 Å². The van der Waals surface area contributed by atoms with Gasteiger partial charge in [0.1, 0.15) is 11.5 Å². The first-order chi connectivity index (χ1) is 11.7. The van der Waals surface area contributed by atoms with Gasteiger partial charge in [-0.25, -0.2) is 0 Å². The van der Waals surface area contributed by atoms with Crippen molar-refractivity contribution in [3.05, 3.63) is 65.2 Å². The van der Waals surface area contributed by atoms with E-state index in [1.807, 2.05) is 43.3 Å². The first-order valence-corrected chi connectivity index (χ1v) is 8.04. The van der Waals surface area contributed by atoms with Gasteiger partial charge in [0.2, 0.25) is 5.91 Å². The molecule has 1 heterocycles. The molecule has 0 bridgehead atoms. The van der Waals surface area contributed by atoms with E-state index in [9.17, 15) is 4.79 Å². The fourth-order valence-corrected chi connectivity index (χ4v) is 2.74. The Morgan fingerprint density at radius 2 is 2.17 bits per heavy atom. The summed E-state index contributed by atoms with van der Waals surface area (Å²) in [7, 11) is 1.62. The minimum absolute atomic E-state index is 0.0571. The zero-order valence-electron chi connectivity index (χ0n) is 13.9. The molecular weight excluding hydrogens is 302 g/mol. The van der Waals surface area contributed by atoms with Crippen LogP contribution < -0.4 is 14.8 Å². The predicted octanol–water partition coefficient (Wildman–Crippen LogP) is 3.52. The van der Waals surface area contributed by atoms with Crippen LogP contribution in [0.1, 0.15) is 29.7 Å². The first kappa shape index (κ1) is 16.1. The summed E-state index contributed by atoms with van der Waals surface area (Å²) in [5, 5.41) is 2.99. The first-order valence-electron chi connectivity index (χ1n) is 8.04. The number of carbonyl (C=O) groups excluding carboxylic acids is 1. The molecule has 2 aromatic carbocycles. The van der Waals surface area contributed by atoms with Crippen molar-refractivity contribution in [3.63, 3.8) is 0 Å². The average molecular weight is 323 g/mol. The number of nitrogens with one attached hydrogen (secondary N) is 1. The van der Waals surface area contributed by atoms with Crippen LogP contribution in [0.4, 0.5) is 0 Å². The SMILES string of the molecule is COc1cccc(C=CC(=O)NC(C)c2ccc3c(c2)CCO3)c1. The Bertz CT molecular complexity index is 767. The van der Waals surface area contributed by atoms with Crippen molar-refractivity contribution >= 4 is 12.0 Å². The number of hydrogen-bond donors (Lipinski definition) is 1. The van der Waals surface area contributed by atoms with Gasteiger partial charge in [-0.05, 0) is 54.0 Å². The zero-order valence-corrected chi connectivity index (χ0v) is 13.9. The van der Waals surface area contributed by atoms with Crippen LogP contribution in [0.5, 0.6) is 11.5 Å². The van der Waals surface area contributed by atoms with Gasteiger partial charge in [0.15, 0.2) is 0 Å². The van der Waals surface area contributed by atoms with Crippen molar-refractivity contribution in [2.24, 2.45) is 0 Å². The highest BCUT2D eigenvalue weighted by Gasteiger charge is 2.15. The molecule has 4 nitrogen and oxygen atoms in total. The van der Waals surface area contributed by atoms with Gasteiger partial charge in [0.25, 0.3) is 0 Å². The maximum Gasteiger partial charge on any atom is 0.244 e. The summed E-state index contributed by atoms with van der Waals surface area (Å²) in [6, 6.07) is 13.6. The second-order valence-electron chi connectivity index (χ2n) is 5.81. The number of rotatable bonds is 5. The van der Waals surface area contributed by atoms with Gasteiger partial charge in [-0.1, -0.05) is 18.2 Å². The summed E-state index contributed by atoms with van der Waals surface area (Å²) in [6.45, 7) is 2.72. The van der Waals surface area contributed by atoms with E-state index >= 15 is 0 Å². The monoisotopic (exact) mass is 323 g/mol. The van der Waals surface area contributed by atoms with Gasteiger partial charge < -0.3 is 14.8 Å². The third-order valence-corrected chi connectivity index (χ3v) is 4.09. The van der Waals surface area contributed by atoms with Gasteiger partial charge >= 0.3 is 0 Å². The van der Waals surface area contributed by atoms with Gasteiger partial charge in [-0.15, -0.1) is 0 Å². The number of methoxy groups -OCH3 is 1. The third-order valence-electron chi connectivity index (χ3n) is 4.09. The fourth-order valence-electron chi connectivity index (χ4n) is 2.74. The molecule has 124 valence electrons. The van der Waals surface area contributed by atoms with Gasteiger partial charge in [0.05, 0.1) is 19.8 Å². The normalized spacial score (nSPS) is 14.1. The molecule has 0 aliphatic carbocycles. The Hall–Kier alpha value is -2.75. The molecule has 1 atom stereocenters. The minimum Gasteiger partial charge on any atom is -0.497 e. The van der Waals surface area contributed by atoms with E-state index in [4.69, 9.17) is 9.47 Å². The van der Waals surface area contributed by atoms with Crippen LogP contribution in [0.2, 0.25) is 0 Å². The van der Waals surface area contributed by atoms with E-state index in [1.165, 1.54) is 5.56 Å². The number of carbonyl (C=O) groups is 1. The molecule has 0 spiro atoms. The van der Waals surface area contributed by atoms with Crippen molar-refractivity contribution in [1.82, 2.24) is 5.32 Å². The molecule has 1 aliphatic rings. The lowest BCUT2D eigenvalue weighted by Crippen LogP contribution is -2.24. The number of hydrogen-bond acceptors (Lipinski definition) is 3. The van der Waals surface area contributed by atoms with E-state index in [-0.39, 0.29) is 11.9 Å². The molecule has 1 N–H and O–H groups in total.